The van der Waals surface area contributed by atoms with Crippen molar-refractivity contribution in [1.29, 1.82) is 0 Å². The van der Waals surface area contributed by atoms with Gasteiger partial charge in [-0.2, -0.15) is 0 Å². The maximum atomic E-state index is 13.2. The maximum Gasteiger partial charge on any atom is 0.248 e. The molecule has 36 heavy (non-hydrogen) atoms. The van der Waals surface area contributed by atoms with Crippen LogP contribution in [0.25, 0.3) is 17.3 Å². The molecule has 0 aliphatic rings. The lowest BCUT2D eigenvalue weighted by Gasteiger charge is -2.14. The quantitative estimate of drug-likeness (QED) is 0.183. The standard InChI is InChI=1S/C28H24FN3O2S2/c1-2-25(27(34)32-28-31-24(18-35-28)20-12-14-21(29)15-13-20)36-23-10-6-9-22(17-23)30-26(33)16-11-19-7-4-3-5-8-19/h3-18,25H,2H2,1H3,(H,30,33)(H,31,32,34)/b16-11+. The van der Waals surface area contributed by atoms with E-state index in [1.165, 1.54) is 41.3 Å². The van der Waals surface area contributed by atoms with Crippen molar-refractivity contribution in [3.8, 4) is 11.3 Å². The molecule has 1 atom stereocenters. The van der Waals surface area contributed by atoms with Gasteiger partial charge in [0.15, 0.2) is 5.13 Å². The summed E-state index contributed by atoms with van der Waals surface area (Å²) in [4.78, 5) is 30.6. The van der Waals surface area contributed by atoms with E-state index in [0.29, 0.717) is 22.9 Å². The van der Waals surface area contributed by atoms with Crippen LogP contribution >= 0.6 is 23.1 Å². The summed E-state index contributed by atoms with van der Waals surface area (Å²) in [5.74, 6) is -0.688. The summed E-state index contributed by atoms with van der Waals surface area (Å²) in [6, 6.07) is 23.1. The van der Waals surface area contributed by atoms with Crippen molar-refractivity contribution in [3.63, 3.8) is 0 Å². The van der Waals surface area contributed by atoms with Crippen molar-refractivity contribution >= 4 is 51.8 Å². The fraction of sp³-hybridized carbons (Fsp3) is 0.107. The zero-order valence-electron chi connectivity index (χ0n) is 19.5. The largest absolute Gasteiger partial charge is 0.322 e. The van der Waals surface area contributed by atoms with Gasteiger partial charge in [0, 0.05) is 27.6 Å². The minimum absolute atomic E-state index is 0.150. The fourth-order valence-corrected chi connectivity index (χ4v) is 5.06. The van der Waals surface area contributed by atoms with Crippen molar-refractivity contribution in [2.24, 2.45) is 0 Å². The second kappa shape index (κ2) is 12.3. The first-order valence-corrected chi connectivity index (χ1v) is 13.1. The molecule has 5 nitrogen and oxygen atoms in total. The van der Waals surface area contributed by atoms with E-state index in [9.17, 15) is 14.0 Å². The molecule has 2 N–H and O–H groups in total. The van der Waals surface area contributed by atoms with Crippen molar-refractivity contribution in [1.82, 2.24) is 4.98 Å². The van der Waals surface area contributed by atoms with E-state index in [-0.39, 0.29) is 22.9 Å². The average molecular weight is 518 g/mol. The van der Waals surface area contributed by atoms with Crippen molar-refractivity contribution < 1.29 is 14.0 Å². The molecule has 1 heterocycles. The Bertz CT molecular complexity index is 1350. The molecule has 0 bridgehead atoms. The number of halogens is 1. The summed E-state index contributed by atoms with van der Waals surface area (Å²) in [6.45, 7) is 1.95. The van der Waals surface area contributed by atoms with E-state index < -0.39 is 0 Å². The van der Waals surface area contributed by atoms with Gasteiger partial charge in [-0.05, 0) is 60.5 Å². The predicted octanol–water partition coefficient (Wildman–Crippen LogP) is 7.11. The van der Waals surface area contributed by atoms with E-state index in [1.54, 1.807) is 18.2 Å². The van der Waals surface area contributed by atoms with Crippen LogP contribution in [-0.2, 0) is 9.59 Å². The first-order chi connectivity index (χ1) is 17.5. The van der Waals surface area contributed by atoms with E-state index in [4.69, 9.17) is 0 Å². The van der Waals surface area contributed by atoms with Crippen LogP contribution in [0.4, 0.5) is 15.2 Å². The Kier molecular flexibility index (Phi) is 8.65. The molecule has 4 aromatic rings. The van der Waals surface area contributed by atoms with E-state index in [0.717, 1.165) is 16.0 Å². The Hall–Kier alpha value is -3.75. The smallest absolute Gasteiger partial charge is 0.248 e. The second-order valence-electron chi connectivity index (χ2n) is 7.81. The highest BCUT2D eigenvalue weighted by molar-refractivity contribution is 8.00. The summed E-state index contributed by atoms with van der Waals surface area (Å²) >= 11 is 2.75. The summed E-state index contributed by atoms with van der Waals surface area (Å²) in [5.41, 5.74) is 3.06. The number of carbonyl (C=O) groups excluding carboxylic acids is 2. The third kappa shape index (κ3) is 7.13. The number of rotatable bonds is 9. The van der Waals surface area contributed by atoms with Gasteiger partial charge in [0.2, 0.25) is 11.8 Å². The highest BCUT2D eigenvalue weighted by Gasteiger charge is 2.20. The number of amides is 2. The van der Waals surface area contributed by atoms with Crippen LogP contribution < -0.4 is 10.6 Å². The van der Waals surface area contributed by atoms with Crippen LogP contribution in [0.3, 0.4) is 0 Å². The van der Waals surface area contributed by atoms with Crippen LogP contribution in [0.2, 0.25) is 0 Å². The van der Waals surface area contributed by atoms with Crippen LogP contribution in [0, 0.1) is 5.82 Å². The summed E-state index contributed by atoms with van der Waals surface area (Å²) < 4.78 is 13.2. The number of hydrogen-bond acceptors (Lipinski definition) is 5. The van der Waals surface area contributed by atoms with E-state index >= 15 is 0 Å². The lowest BCUT2D eigenvalue weighted by Crippen LogP contribution is -2.24. The lowest BCUT2D eigenvalue weighted by molar-refractivity contribution is -0.115. The zero-order chi connectivity index (χ0) is 25.3. The number of hydrogen-bond donors (Lipinski definition) is 2. The van der Waals surface area contributed by atoms with Gasteiger partial charge in [-0.1, -0.05) is 43.3 Å². The normalized spacial score (nSPS) is 11.8. The van der Waals surface area contributed by atoms with E-state index in [2.05, 4.69) is 15.6 Å². The zero-order valence-corrected chi connectivity index (χ0v) is 21.1. The third-order valence-corrected chi connectivity index (χ3v) is 7.26. The number of aromatic nitrogens is 1. The van der Waals surface area contributed by atoms with Crippen molar-refractivity contribution in [2.75, 3.05) is 10.6 Å². The van der Waals surface area contributed by atoms with Crippen molar-refractivity contribution in [2.45, 2.75) is 23.5 Å². The molecule has 8 heteroatoms. The van der Waals surface area contributed by atoms with Gasteiger partial charge in [-0.15, -0.1) is 23.1 Å². The first kappa shape index (κ1) is 25.3. The Balaban J connectivity index is 1.35. The van der Waals surface area contributed by atoms with Gasteiger partial charge in [-0.3, -0.25) is 9.59 Å². The number of thioether (sulfide) groups is 1. The van der Waals surface area contributed by atoms with Gasteiger partial charge >= 0.3 is 0 Å². The maximum absolute atomic E-state index is 13.2. The Morgan fingerprint density at radius 2 is 1.81 bits per heavy atom. The number of thiazole rings is 1. The van der Waals surface area contributed by atoms with Crippen LogP contribution in [0.1, 0.15) is 18.9 Å². The molecule has 2 amide bonds. The number of nitrogens with zero attached hydrogens (tertiary/aromatic N) is 1. The first-order valence-electron chi connectivity index (χ1n) is 11.3. The Morgan fingerprint density at radius 3 is 2.56 bits per heavy atom. The Morgan fingerprint density at radius 1 is 1.03 bits per heavy atom. The minimum atomic E-state index is -0.341. The minimum Gasteiger partial charge on any atom is -0.322 e. The molecule has 0 saturated heterocycles. The molecule has 0 aliphatic carbocycles. The molecule has 0 spiro atoms. The second-order valence-corrected chi connectivity index (χ2v) is 9.94. The van der Waals surface area contributed by atoms with Crippen LogP contribution in [0.5, 0.6) is 0 Å². The third-order valence-electron chi connectivity index (χ3n) is 5.14. The van der Waals surface area contributed by atoms with E-state index in [1.807, 2.05) is 66.9 Å². The average Bonchev–Trinajstić information content (AvgIpc) is 3.35. The summed E-state index contributed by atoms with van der Waals surface area (Å²) in [6.07, 6.45) is 3.86. The van der Waals surface area contributed by atoms with Gasteiger partial charge in [0.1, 0.15) is 5.82 Å². The molecule has 1 aromatic heterocycles. The van der Waals surface area contributed by atoms with Crippen LogP contribution in [0.15, 0.2) is 95.2 Å². The highest BCUT2D eigenvalue weighted by atomic mass is 32.2. The highest BCUT2D eigenvalue weighted by Crippen LogP contribution is 2.30. The number of carbonyl (C=O) groups is 2. The molecular formula is C28H24FN3O2S2. The predicted molar refractivity (Wildman–Crippen MR) is 147 cm³/mol. The molecule has 182 valence electrons. The van der Waals surface area contributed by atoms with Gasteiger partial charge in [0.05, 0.1) is 10.9 Å². The van der Waals surface area contributed by atoms with Crippen LogP contribution in [-0.4, -0.2) is 22.0 Å². The monoisotopic (exact) mass is 517 g/mol. The van der Waals surface area contributed by atoms with Crippen molar-refractivity contribution in [3.05, 3.63) is 102 Å². The molecule has 1 unspecified atom stereocenters. The van der Waals surface area contributed by atoms with Gasteiger partial charge in [0.25, 0.3) is 0 Å². The molecule has 0 saturated carbocycles. The lowest BCUT2D eigenvalue weighted by atomic mass is 10.2. The molecular weight excluding hydrogens is 493 g/mol. The number of benzene rings is 3. The van der Waals surface area contributed by atoms with Gasteiger partial charge in [-0.25, -0.2) is 9.37 Å². The number of anilines is 2. The molecule has 0 aliphatic heterocycles. The topological polar surface area (TPSA) is 71.1 Å². The fourth-order valence-electron chi connectivity index (χ4n) is 3.32. The summed E-state index contributed by atoms with van der Waals surface area (Å²) in [7, 11) is 0. The molecule has 4 rings (SSSR count). The molecule has 3 aromatic carbocycles. The SMILES string of the molecule is CCC(Sc1cccc(NC(=O)/C=C/c2ccccc2)c1)C(=O)Nc1nc(-c2ccc(F)cc2)cs1. The summed E-state index contributed by atoms with van der Waals surface area (Å²) in [5, 5.41) is 7.73. The molecule has 0 fully saturated rings. The Labute approximate surface area is 217 Å². The molecule has 0 radical (unpaired) electrons. The number of nitrogens with one attached hydrogen (secondary N) is 2. The van der Waals surface area contributed by atoms with Gasteiger partial charge < -0.3 is 10.6 Å².